The Morgan fingerprint density at radius 2 is 1.52 bits per heavy atom. The molecule has 0 heterocycles. The number of rotatable bonds is 11. The van der Waals surface area contributed by atoms with Crippen molar-refractivity contribution < 1.29 is 18.0 Å². The van der Waals surface area contributed by atoms with Gasteiger partial charge in [-0.05, 0) is 68.3 Å². The molecule has 40 heavy (non-hydrogen) atoms. The molecule has 0 bridgehead atoms. The highest BCUT2D eigenvalue weighted by Crippen LogP contribution is 2.33. The van der Waals surface area contributed by atoms with Crippen molar-refractivity contribution in [3.8, 4) is 0 Å². The minimum atomic E-state index is -4.29. The predicted molar refractivity (Wildman–Crippen MR) is 162 cm³/mol. The summed E-state index contributed by atoms with van der Waals surface area (Å²) in [5, 5.41) is 3.80. The van der Waals surface area contributed by atoms with Gasteiger partial charge in [-0.3, -0.25) is 13.9 Å². The molecular formula is C28H29Cl4N3O4S. The lowest BCUT2D eigenvalue weighted by atomic mass is 10.1. The number of benzene rings is 3. The van der Waals surface area contributed by atoms with Crippen LogP contribution in [0.4, 0.5) is 5.69 Å². The Bertz CT molecular complexity index is 1480. The van der Waals surface area contributed by atoms with Crippen molar-refractivity contribution in [2.45, 2.75) is 44.7 Å². The Kier molecular flexibility index (Phi) is 11.1. The van der Waals surface area contributed by atoms with E-state index in [9.17, 15) is 18.0 Å². The number of aryl methyl sites for hydroxylation is 1. The molecule has 12 heteroatoms. The Hall–Kier alpha value is -2.49. The van der Waals surface area contributed by atoms with Gasteiger partial charge in [-0.25, -0.2) is 8.42 Å². The maximum absolute atomic E-state index is 14.0. The predicted octanol–water partition coefficient (Wildman–Crippen LogP) is 6.75. The topological polar surface area (TPSA) is 86.8 Å². The van der Waals surface area contributed by atoms with Crippen LogP contribution in [0.2, 0.25) is 20.1 Å². The summed E-state index contributed by atoms with van der Waals surface area (Å²) in [5.74, 6) is -1.05. The lowest BCUT2D eigenvalue weighted by Crippen LogP contribution is -2.51. The number of carbonyl (C=O) groups excluding carboxylic acids is 2. The van der Waals surface area contributed by atoms with Gasteiger partial charge in [0.1, 0.15) is 12.6 Å². The Morgan fingerprint density at radius 3 is 2.15 bits per heavy atom. The molecule has 214 valence electrons. The first-order chi connectivity index (χ1) is 18.8. The standard InChI is InChI=1S/C28H29Cl4N3O4S/c1-4-13-33-28(37)19(3)34(16-20-7-8-21(29)14-25(20)32)27(36)17-35(26-15-22(30)9-12-24(26)31)40(38,39)23-10-5-18(2)6-11-23/h5-12,14-15,19H,4,13,16-17H2,1-3H3,(H,33,37)/t19-/m1/s1. The summed E-state index contributed by atoms with van der Waals surface area (Å²) in [6, 6.07) is 14.4. The fourth-order valence-corrected chi connectivity index (χ4v) is 6.17. The van der Waals surface area contributed by atoms with E-state index in [2.05, 4.69) is 5.32 Å². The van der Waals surface area contributed by atoms with Crippen molar-refractivity contribution in [1.29, 1.82) is 0 Å². The molecule has 1 atom stereocenters. The third-order valence-corrected chi connectivity index (χ3v) is 9.05. The van der Waals surface area contributed by atoms with Gasteiger partial charge in [0.05, 0.1) is 15.6 Å². The highest BCUT2D eigenvalue weighted by molar-refractivity contribution is 7.92. The second kappa shape index (κ2) is 13.9. The van der Waals surface area contributed by atoms with Gasteiger partial charge in [0.25, 0.3) is 10.0 Å². The number of amides is 2. The molecule has 3 aromatic rings. The molecule has 7 nitrogen and oxygen atoms in total. The molecule has 2 amide bonds. The molecular weight excluding hydrogens is 616 g/mol. The van der Waals surface area contributed by atoms with Gasteiger partial charge in [-0.1, -0.05) is 77.1 Å². The van der Waals surface area contributed by atoms with E-state index in [0.717, 1.165) is 9.87 Å². The zero-order valence-corrected chi connectivity index (χ0v) is 26.0. The van der Waals surface area contributed by atoms with Crippen LogP contribution >= 0.6 is 46.4 Å². The van der Waals surface area contributed by atoms with Crippen LogP contribution < -0.4 is 9.62 Å². The number of nitrogens with one attached hydrogen (secondary N) is 1. The van der Waals surface area contributed by atoms with Crippen LogP contribution in [0.5, 0.6) is 0 Å². The van der Waals surface area contributed by atoms with Crippen molar-refractivity contribution in [3.05, 3.63) is 91.9 Å². The summed E-state index contributed by atoms with van der Waals surface area (Å²) in [4.78, 5) is 28.1. The van der Waals surface area contributed by atoms with Crippen molar-refractivity contribution >= 4 is 73.9 Å². The first kappa shape index (κ1) is 32.0. The molecule has 1 N–H and O–H groups in total. The largest absolute Gasteiger partial charge is 0.354 e. The van der Waals surface area contributed by atoms with Gasteiger partial charge < -0.3 is 10.2 Å². The summed E-state index contributed by atoms with van der Waals surface area (Å²) in [5.41, 5.74) is 1.42. The molecule has 0 aliphatic carbocycles. The summed E-state index contributed by atoms with van der Waals surface area (Å²) in [7, 11) is -4.29. The summed E-state index contributed by atoms with van der Waals surface area (Å²) in [6.07, 6.45) is 0.700. The Labute approximate surface area is 255 Å². The molecule has 0 radical (unpaired) electrons. The maximum atomic E-state index is 14.0. The number of anilines is 1. The molecule has 0 aliphatic rings. The second-order valence-electron chi connectivity index (χ2n) is 9.14. The Morgan fingerprint density at radius 1 is 0.900 bits per heavy atom. The van der Waals surface area contributed by atoms with Crippen LogP contribution in [0.15, 0.2) is 65.6 Å². The van der Waals surface area contributed by atoms with Crippen LogP contribution in [0.25, 0.3) is 0 Å². The SMILES string of the molecule is CCCNC(=O)[C@@H](C)N(Cc1ccc(Cl)cc1Cl)C(=O)CN(c1cc(Cl)ccc1Cl)S(=O)(=O)c1ccc(C)cc1. The van der Waals surface area contributed by atoms with E-state index in [4.69, 9.17) is 46.4 Å². The van der Waals surface area contributed by atoms with E-state index in [1.54, 1.807) is 31.2 Å². The highest BCUT2D eigenvalue weighted by atomic mass is 35.5. The summed E-state index contributed by atoms with van der Waals surface area (Å²) >= 11 is 25.1. The van der Waals surface area contributed by atoms with E-state index in [0.29, 0.717) is 28.6 Å². The van der Waals surface area contributed by atoms with E-state index in [-0.39, 0.29) is 27.2 Å². The van der Waals surface area contributed by atoms with E-state index in [1.165, 1.54) is 41.3 Å². The van der Waals surface area contributed by atoms with Gasteiger partial charge in [-0.2, -0.15) is 0 Å². The number of hydrogen-bond acceptors (Lipinski definition) is 4. The lowest BCUT2D eigenvalue weighted by Gasteiger charge is -2.32. The van der Waals surface area contributed by atoms with Crippen molar-refractivity contribution in [2.75, 3.05) is 17.4 Å². The minimum absolute atomic E-state index is 0.0238. The molecule has 0 saturated carbocycles. The molecule has 0 saturated heterocycles. The van der Waals surface area contributed by atoms with Crippen LogP contribution in [0, 0.1) is 6.92 Å². The Balaban J connectivity index is 2.08. The maximum Gasteiger partial charge on any atom is 0.264 e. The van der Waals surface area contributed by atoms with Crippen LogP contribution in [0.3, 0.4) is 0 Å². The quantitative estimate of drug-likeness (QED) is 0.250. The monoisotopic (exact) mass is 643 g/mol. The molecule has 0 aliphatic heterocycles. The minimum Gasteiger partial charge on any atom is -0.354 e. The third kappa shape index (κ3) is 7.83. The van der Waals surface area contributed by atoms with Gasteiger partial charge in [0.15, 0.2) is 0 Å². The number of sulfonamides is 1. The van der Waals surface area contributed by atoms with Crippen molar-refractivity contribution in [2.24, 2.45) is 0 Å². The van der Waals surface area contributed by atoms with E-state index >= 15 is 0 Å². The molecule has 3 aromatic carbocycles. The van der Waals surface area contributed by atoms with Crippen LogP contribution in [-0.4, -0.2) is 44.3 Å². The average Bonchev–Trinajstić information content (AvgIpc) is 2.91. The van der Waals surface area contributed by atoms with Gasteiger partial charge >= 0.3 is 0 Å². The zero-order chi connectivity index (χ0) is 29.6. The van der Waals surface area contributed by atoms with Crippen molar-refractivity contribution in [3.63, 3.8) is 0 Å². The summed E-state index contributed by atoms with van der Waals surface area (Å²) in [6.45, 7) is 4.99. The van der Waals surface area contributed by atoms with Crippen molar-refractivity contribution in [1.82, 2.24) is 10.2 Å². The number of nitrogens with zero attached hydrogens (tertiary/aromatic N) is 2. The zero-order valence-electron chi connectivity index (χ0n) is 22.1. The lowest BCUT2D eigenvalue weighted by molar-refractivity contribution is -0.139. The number of hydrogen-bond donors (Lipinski definition) is 1. The molecule has 0 fully saturated rings. The van der Waals surface area contributed by atoms with Gasteiger partial charge in [0, 0.05) is 28.2 Å². The second-order valence-corrected chi connectivity index (χ2v) is 12.7. The van der Waals surface area contributed by atoms with Gasteiger partial charge in [-0.15, -0.1) is 0 Å². The first-order valence-electron chi connectivity index (χ1n) is 12.4. The smallest absolute Gasteiger partial charge is 0.264 e. The molecule has 3 rings (SSSR count). The number of carbonyl (C=O) groups is 2. The first-order valence-corrected chi connectivity index (χ1v) is 15.4. The average molecular weight is 645 g/mol. The molecule has 0 spiro atoms. The van der Waals surface area contributed by atoms with Gasteiger partial charge in [0.2, 0.25) is 11.8 Å². The molecule has 0 aromatic heterocycles. The van der Waals surface area contributed by atoms with E-state index < -0.39 is 34.4 Å². The third-order valence-electron chi connectivity index (χ3n) is 6.14. The fourth-order valence-electron chi connectivity index (χ4n) is 3.84. The molecule has 0 unspecified atom stereocenters. The highest BCUT2D eigenvalue weighted by Gasteiger charge is 2.33. The summed E-state index contributed by atoms with van der Waals surface area (Å²) < 4.78 is 28.7. The van der Waals surface area contributed by atoms with E-state index in [1.807, 2.05) is 13.8 Å². The van der Waals surface area contributed by atoms with Crippen LogP contribution in [-0.2, 0) is 26.2 Å². The fraction of sp³-hybridized carbons (Fsp3) is 0.286. The number of halogens is 4. The van der Waals surface area contributed by atoms with Crippen LogP contribution in [0.1, 0.15) is 31.4 Å². The normalized spacial score (nSPS) is 12.1.